The van der Waals surface area contributed by atoms with E-state index >= 15 is 0 Å². The normalized spacial score (nSPS) is 15.0. The number of imidazole rings is 2. The molecule has 31 heavy (non-hydrogen) atoms. The molecule has 4 aromatic rings. The number of H-pyrrole nitrogens is 2. The molecule has 1 fully saturated rings. The smallest absolute Gasteiger partial charge is 0.410 e. The molecule has 2 aromatic carbocycles. The molecule has 0 unspecified atom stereocenters. The molecule has 0 aliphatic carbocycles. The first-order valence-corrected chi connectivity index (χ1v) is 10.7. The van der Waals surface area contributed by atoms with Gasteiger partial charge in [0.25, 0.3) is 0 Å². The first-order chi connectivity index (χ1) is 14.9. The summed E-state index contributed by atoms with van der Waals surface area (Å²) in [5, 5.41) is 0. The van der Waals surface area contributed by atoms with Crippen molar-refractivity contribution in [2.45, 2.75) is 45.1 Å². The van der Waals surface area contributed by atoms with Crippen molar-refractivity contribution >= 4 is 28.2 Å². The maximum Gasteiger partial charge on any atom is 0.410 e. The van der Waals surface area contributed by atoms with E-state index in [0.717, 1.165) is 53.8 Å². The highest BCUT2D eigenvalue weighted by Gasteiger charge is 2.28. The van der Waals surface area contributed by atoms with Gasteiger partial charge in [0.1, 0.15) is 11.4 Å². The molecule has 7 nitrogen and oxygen atoms in total. The molecule has 1 aliphatic heterocycles. The van der Waals surface area contributed by atoms with Gasteiger partial charge in [-0.3, -0.25) is 0 Å². The summed E-state index contributed by atoms with van der Waals surface area (Å²) in [6.45, 7) is 7.12. The average Bonchev–Trinajstić information content (AvgIpc) is 3.40. The van der Waals surface area contributed by atoms with E-state index in [2.05, 4.69) is 19.9 Å². The van der Waals surface area contributed by atoms with Crippen molar-refractivity contribution in [1.29, 1.82) is 0 Å². The molecule has 0 radical (unpaired) electrons. The molecular formula is C24H29N5O2. The molecule has 0 atom stereocenters. The number of para-hydroxylation sites is 4. The Morgan fingerprint density at radius 1 is 1.00 bits per heavy atom. The number of likely N-dealkylation sites (tertiary alicyclic amines) is 1. The van der Waals surface area contributed by atoms with Gasteiger partial charge in [0.05, 0.1) is 28.4 Å². The molecular weight excluding hydrogens is 390 g/mol. The Hall–Kier alpha value is -3.35. The van der Waals surface area contributed by atoms with Crippen molar-refractivity contribution in [3.63, 3.8) is 0 Å². The second kappa shape index (κ2) is 8.79. The Balaban J connectivity index is 0.000000212. The van der Waals surface area contributed by atoms with Gasteiger partial charge in [0.2, 0.25) is 0 Å². The number of benzene rings is 2. The van der Waals surface area contributed by atoms with Gasteiger partial charge in [-0.15, -0.1) is 0 Å². The van der Waals surface area contributed by atoms with Crippen LogP contribution in [0.15, 0.2) is 54.9 Å². The number of ether oxygens (including phenoxy) is 1. The monoisotopic (exact) mass is 419 g/mol. The van der Waals surface area contributed by atoms with Crippen LogP contribution in [0, 0.1) is 0 Å². The fourth-order valence-electron chi connectivity index (χ4n) is 3.71. The molecule has 2 aromatic heterocycles. The zero-order chi connectivity index (χ0) is 21.8. The van der Waals surface area contributed by atoms with Crippen LogP contribution in [0.3, 0.4) is 0 Å². The maximum absolute atomic E-state index is 12.1. The summed E-state index contributed by atoms with van der Waals surface area (Å²) in [7, 11) is 0. The Labute approximate surface area is 181 Å². The molecule has 1 aliphatic rings. The molecule has 0 spiro atoms. The summed E-state index contributed by atoms with van der Waals surface area (Å²) in [6, 6.07) is 16.0. The van der Waals surface area contributed by atoms with Crippen LogP contribution in [0.4, 0.5) is 4.79 Å². The molecule has 0 bridgehead atoms. The third-order valence-corrected chi connectivity index (χ3v) is 5.27. The number of hydrogen-bond acceptors (Lipinski definition) is 4. The van der Waals surface area contributed by atoms with Gasteiger partial charge in [-0.05, 0) is 57.9 Å². The first-order valence-electron chi connectivity index (χ1n) is 10.7. The fraction of sp³-hybridized carbons (Fsp3) is 0.375. The van der Waals surface area contributed by atoms with Crippen molar-refractivity contribution in [2.24, 2.45) is 0 Å². The van der Waals surface area contributed by atoms with Gasteiger partial charge in [0, 0.05) is 19.0 Å². The quantitative estimate of drug-likeness (QED) is 0.442. The minimum absolute atomic E-state index is 0.212. The molecule has 0 saturated carbocycles. The highest BCUT2D eigenvalue weighted by atomic mass is 16.6. The van der Waals surface area contributed by atoms with E-state index in [1.807, 2.05) is 69.3 Å². The van der Waals surface area contributed by atoms with Gasteiger partial charge in [-0.25, -0.2) is 14.8 Å². The van der Waals surface area contributed by atoms with Crippen LogP contribution in [0.5, 0.6) is 0 Å². The SMILES string of the molecule is CC(C)(C)OC(=O)N1CCC(c2nc3ccccc3[nH]2)CC1.c1ccc2[nH]cnc2c1. The number of carbonyl (C=O) groups is 1. The van der Waals surface area contributed by atoms with E-state index in [9.17, 15) is 4.79 Å². The summed E-state index contributed by atoms with van der Waals surface area (Å²) in [5.41, 5.74) is 3.77. The number of carbonyl (C=O) groups excluding carboxylic acids is 1. The third kappa shape index (κ3) is 5.23. The molecule has 1 amide bonds. The largest absolute Gasteiger partial charge is 0.444 e. The number of fused-ring (bicyclic) bond motifs is 2. The lowest BCUT2D eigenvalue weighted by molar-refractivity contribution is 0.0203. The maximum atomic E-state index is 12.1. The zero-order valence-electron chi connectivity index (χ0n) is 18.3. The van der Waals surface area contributed by atoms with Crippen molar-refractivity contribution in [1.82, 2.24) is 24.8 Å². The second-order valence-corrected chi connectivity index (χ2v) is 8.80. The number of rotatable bonds is 1. The number of nitrogens with zero attached hydrogens (tertiary/aromatic N) is 3. The standard InChI is InChI=1S/C17H23N3O2.C7H6N2/c1-17(2,3)22-16(21)20-10-8-12(9-11-20)15-18-13-6-4-5-7-14(13)19-15;1-2-4-7-6(3-1)8-5-9-7/h4-7,12H,8-11H2,1-3H3,(H,18,19);1-5H,(H,8,9). The minimum Gasteiger partial charge on any atom is -0.444 e. The van der Waals surface area contributed by atoms with Crippen molar-refractivity contribution in [2.75, 3.05) is 13.1 Å². The third-order valence-electron chi connectivity index (χ3n) is 5.27. The number of hydrogen-bond donors (Lipinski definition) is 2. The van der Waals surface area contributed by atoms with Crippen LogP contribution in [-0.4, -0.2) is 49.6 Å². The zero-order valence-corrected chi connectivity index (χ0v) is 18.3. The summed E-state index contributed by atoms with van der Waals surface area (Å²) in [4.78, 5) is 29.0. The van der Waals surface area contributed by atoms with Crippen LogP contribution in [0.1, 0.15) is 45.4 Å². The highest BCUT2D eigenvalue weighted by Crippen LogP contribution is 2.28. The fourth-order valence-corrected chi connectivity index (χ4v) is 3.71. The molecule has 1 saturated heterocycles. The lowest BCUT2D eigenvalue weighted by Crippen LogP contribution is -2.41. The van der Waals surface area contributed by atoms with E-state index in [4.69, 9.17) is 4.74 Å². The van der Waals surface area contributed by atoms with Crippen LogP contribution in [-0.2, 0) is 4.74 Å². The van der Waals surface area contributed by atoms with E-state index < -0.39 is 5.60 Å². The Bertz CT molecular complexity index is 1090. The Morgan fingerprint density at radius 3 is 2.29 bits per heavy atom. The lowest BCUT2D eigenvalue weighted by atomic mass is 9.96. The molecule has 5 rings (SSSR count). The molecule has 7 heteroatoms. The summed E-state index contributed by atoms with van der Waals surface area (Å²) >= 11 is 0. The van der Waals surface area contributed by atoms with Gasteiger partial charge >= 0.3 is 6.09 Å². The lowest BCUT2D eigenvalue weighted by Gasteiger charge is -2.32. The predicted octanol–water partition coefficient (Wildman–Crippen LogP) is 5.24. The average molecular weight is 420 g/mol. The minimum atomic E-state index is -0.438. The van der Waals surface area contributed by atoms with Crippen LogP contribution < -0.4 is 0 Å². The van der Waals surface area contributed by atoms with Crippen LogP contribution >= 0.6 is 0 Å². The number of aromatic amines is 2. The van der Waals surface area contributed by atoms with Gasteiger partial charge < -0.3 is 19.6 Å². The molecule has 2 N–H and O–H groups in total. The number of amides is 1. The Morgan fingerprint density at radius 2 is 1.65 bits per heavy atom. The molecule has 3 heterocycles. The second-order valence-electron chi connectivity index (χ2n) is 8.80. The van der Waals surface area contributed by atoms with Crippen molar-refractivity contribution < 1.29 is 9.53 Å². The van der Waals surface area contributed by atoms with Crippen molar-refractivity contribution in [3.8, 4) is 0 Å². The summed E-state index contributed by atoms with van der Waals surface area (Å²) in [6.07, 6.45) is 3.32. The highest BCUT2D eigenvalue weighted by molar-refractivity contribution is 5.75. The molecule has 162 valence electrons. The predicted molar refractivity (Wildman–Crippen MR) is 122 cm³/mol. The summed E-state index contributed by atoms with van der Waals surface area (Å²) in [5.74, 6) is 1.41. The topological polar surface area (TPSA) is 86.9 Å². The van der Waals surface area contributed by atoms with E-state index in [-0.39, 0.29) is 6.09 Å². The number of aromatic nitrogens is 4. The van der Waals surface area contributed by atoms with Crippen LogP contribution in [0.25, 0.3) is 22.1 Å². The van der Waals surface area contributed by atoms with E-state index in [1.165, 1.54) is 0 Å². The first kappa shape index (κ1) is 20.9. The number of piperidine rings is 1. The van der Waals surface area contributed by atoms with E-state index in [1.54, 1.807) is 11.2 Å². The van der Waals surface area contributed by atoms with Crippen LogP contribution in [0.2, 0.25) is 0 Å². The van der Waals surface area contributed by atoms with Gasteiger partial charge in [-0.1, -0.05) is 24.3 Å². The van der Waals surface area contributed by atoms with Gasteiger partial charge in [0.15, 0.2) is 0 Å². The number of nitrogens with one attached hydrogen (secondary N) is 2. The van der Waals surface area contributed by atoms with E-state index in [0.29, 0.717) is 5.92 Å². The summed E-state index contributed by atoms with van der Waals surface area (Å²) < 4.78 is 5.43. The Kier molecular flexibility index (Phi) is 5.93. The van der Waals surface area contributed by atoms with Gasteiger partial charge in [-0.2, -0.15) is 0 Å². The van der Waals surface area contributed by atoms with Crippen molar-refractivity contribution in [3.05, 3.63) is 60.7 Å².